The summed E-state index contributed by atoms with van der Waals surface area (Å²) in [5.41, 5.74) is 5.59. The monoisotopic (exact) mass is 252 g/mol. The number of hydrogen-bond acceptors (Lipinski definition) is 4. The van der Waals surface area contributed by atoms with Crippen molar-refractivity contribution < 1.29 is 4.79 Å². The first kappa shape index (κ1) is 14.4. The van der Waals surface area contributed by atoms with E-state index < -0.39 is 0 Å². The molecule has 6 heteroatoms. The van der Waals surface area contributed by atoms with E-state index in [1.165, 1.54) is 19.2 Å². The Hall–Kier alpha value is -1.69. The van der Waals surface area contributed by atoms with Gasteiger partial charge < -0.3 is 11.1 Å². The molecule has 0 fully saturated rings. The SMILES string of the molecule is CCCCC(CN)NC(=O)c1ccc(=O)n(C)n1. The summed E-state index contributed by atoms with van der Waals surface area (Å²) in [6.07, 6.45) is 2.93. The van der Waals surface area contributed by atoms with Crippen molar-refractivity contribution in [3.8, 4) is 0 Å². The Kier molecular flexibility index (Phi) is 5.51. The third-order valence-electron chi connectivity index (χ3n) is 2.72. The van der Waals surface area contributed by atoms with Gasteiger partial charge in [-0.25, -0.2) is 4.68 Å². The van der Waals surface area contributed by atoms with Crippen LogP contribution in [-0.4, -0.2) is 28.3 Å². The Balaban J connectivity index is 2.68. The Labute approximate surface area is 106 Å². The summed E-state index contributed by atoms with van der Waals surface area (Å²) in [5.74, 6) is -0.294. The van der Waals surface area contributed by atoms with Gasteiger partial charge in [-0.1, -0.05) is 19.8 Å². The fourth-order valence-electron chi connectivity index (χ4n) is 1.58. The van der Waals surface area contributed by atoms with Crippen LogP contribution >= 0.6 is 0 Å². The van der Waals surface area contributed by atoms with Gasteiger partial charge in [0.15, 0.2) is 0 Å². The zero-order valence-corrected chi connectivity index (χ0v) is 10.8. The minimum Gasteiger partial charge on any atom is -0.347 e. The zero-order valence-electron chi connectivity index (χ0n) is 10.8. The highest BCUT2D eigenvalue weighted by atomic mass is 16.2. The second-order valence-electron chi connectivity index (χ2n) is 4.23. The van der Waals surface area contributed by atoms with Crippen molar-refractivity contribution >= 4 is 5.91 Å². The lowest BCUT2D eigenvalue weighted by Crippen LogP contribution is -2.41. The van der Waals surface area contributed by atoms with E-state index in [-0.39, 0.29) is 23.2 Å². The van der Waals surface area contributed by atoms with Gasteiger partial charge in [0.25, 0.3) is 11.5 Å². The van der Waals surface area contributed by atoms with E-state index in [0.717, 1.165) is 23.9 Å². The number of hydrogen-bond donors (Lipinski definition) is 2. The first-order valence-electron chi connectivity index (χ1n) is 6.13. The van der Waals surface area contributed by atoms with Crippen molar-refractivity contribution in [2.75, 3.05) is 6.54 Å². The molecule has 0 saturated carbocycles. The lowest BCUT2D eigenvalue weighted by Gasteiger charge is -2.16. The summed E-state index contributed by atoms with van der Waals surface area (Å²) < 4.78 is 1.14. The minimum absolute atomic E-state index is 0.0449. The van der Waals surface area contributed by atoms with E-state index in [1.807, 2.05) is 0 Å². The average molecular weight is 252 g/mol. The van der Waals surface area contributed by atoms with Gasteiger partial charge >= 0.3 is 0 Å². The van der Waals surface area contributed by atoms with Crippen LogP contribution in [0.15, 0.2) is 16.9 Å². The van der Waals surface area contributed by atoms with Crippen LogP contribution in [-0.2, 0) is 7.05 Å². The van der Waals surface area contributed by atoms with Crippen molar-refractivity contribution in [2.24, 2.45) is 12.8 Å². The maximum atomic E-state index is 11.9. The molecular weight excluding hydrogens is 232 g/mol. The predicted octanol–water partition coefficient (Wildman–Crippen LogP) is 0.0276. The highest BCUT2D eigenvalue weighted by Crippen LogP contribution is 2.00. The second kappa shape index (κ2) is 6.90. The molecule has 1 aromatic heterocycles. The smallest absolute Gasteiger partial charge is 0.271 e. The molecule has 1 aromatic rings. The Morgan fingerprint density at radius 2 is 2.28 bits per heavy atom. The van der Waals surface area contributed by atoms with E-state index in [1.54, 1.807) is 0 Å². The largest absolute Gasteiger partial charge is 0.347 e. The molecule has 0 aliphatic rings. The summed E-state index contributed by atoms with van der Waals surface area (Å²) in [6, 6.07) is 2.70. The van der Waals surface area contributed by atoms with Gasteiger partial charge in [0.2, 0.25) is 0 Å². The van der Waals surface area contributed by atoms with Gasteiger partial charge in [0, 0.05) is 25.7 Å². The van der Waals surface area contributed by atoms with Crippen LogP contribution in [0.1, 0.15) is 36.7 Å². The van der Waals surface area contributed by atoms with Gasteiger partial charge in [-0.05, 0) is 12.5 Å². The number of nitrogens with two attached hydrogens (primary N) is 1. The highest BCUT2D eigenvalue weighted by Gasteiger charge is 2.13. The third kappa shape index (κ3) is 3.96. The van der Waals surface area contributed by atoms with Crippen molar-refractivity contribution in [3.63, 3.8) is 0 Å². The molecule has 1 atom stereocenters. The summed E-state index contributed by atoms with van der Waals surface area (Å²) in [7, 11) is 1.51. The van der Waals surface area contributed by atoms with Crippen molar-refractivity contribution in [2.45, 2.75) is 32.2 Å². The number of carbonyl (C=O) groups excluding carboxylic acids is 1. The Morgan fingerprint density at radius 1 is 1.56 bits per heavy atom. The quantitative estimate of drug-likeness (QED) is 0.747. The zero-order chi connectivity index (χ0) is 13.5. The van der Waals surface area contributed by atoms with Crippen molar-refractivity contribution in [1.82, 2.24) is 15.1 Å². The summed E-state index contributed by atoms with van der Waals surface area (Å²) in [6.45, 7) is 2.49. The van der Waals surface area contributed by atoms with Crippen LogP contribution in [0.25, 0.3) is 0 Å². The number of aryl methyl sites for hydroxylation is 1. The number of nitrogens with one attached hydrogen (secondary N) is 1. The molecule has 0 bridgehead atoms. The molecule has 0 aliphatic heterocycles. The number of aromatic nitrogens is 2. The molecule has 0 aromatic carbocycles. The lowest BCUT2D eigenvalue weighted by atomic mass is 10.1. The molecule has 0 saturated heterocycles. The first-order valence-corrected chi connectivity index (χ1v) is 6.13. The fraction of sp³-hybridized carbons (Fsp3) is 0.583. The van der Waals surface area contributed by atoms with Crippen molar-refractivity contribution in [3.05, 3.63) is 28.2 Å². The molecule has 3 N–H and O–H groups in total. The Bertz CT molecular complexity index is 456. The molecule has 18 heavy (non-hydrogen) atoms. The van der Waals surface area contributed by atoms with Gasteiger partial charge in [-0.2, -0.15) is 5.10 Å². The van der Waals surface area contributed by atoms with E-state index >= 15 is 0 Å². The van der Waals surface area contributed by atoms with Crippen LogP contribution in [0.5, 0.6) is 0 Å². The normalized spacial score (nSPS) is 12.2. The van der Waals surface area contributed by atoms with Gasteiger partial charge in [-0.3, -0.25) is 9.59 Å². The molecule has 0 radical (unpaired) electrons. The average Bonchev–Trinajstić information content (AvgIpc) is 2.37. The van der Waals surface area contributed by atoms with Gasteiger partial charge in [-0.15, -0.1) is 0 Å². The van der Waals surface area contributed by atoms with Crippen LogP contribution in [0.2, 0.25) is 0 Å². The standard InChI is InChI=1S/C12H20N4O2/c1-3-4-5-9(8-13)14-12(18)10-6-7-11(17)16(2)15-10/h6-7,9H,3-5,8,13H2,1-2H3,(H,14,18). The summed E-state index contributed by atoms with van der Waals surface area (Å²) in [5, 5.41) is 6.71. The van der Waals surface area contributed by atoms with E-state index in [0.29, 0.717) is 6.54 Å². The second-order valence-corrected chi connectivity index (χ2v) is 4.23. The Morgan fingerprint density at radius 3 is 2.83 bits per heavy atom. The molecular formula is C12H20N4O2. The predicted molar refractivity (Wildman–Crippen MR) is 69.3 cm³/mol. The van der Waals surface area contributed by atoms with Crippen LogP contribution in [0.3, 0.4) is 0 Å². The van der Waals surface area contributed by atoms with Crippen LogP contribution in [0.4, 0.5) is 0 Å². The molecule has 1 amide bonds. The maximum Gasteiger partial charge on any atom is 0.271 e. The fourth-order valence-corrected chi connectivity index (χ4v) is 1.58. The first-order chi connectivity index (χ1) is 8.58. The number of rotatable bonds is 6. The summed E-state index contributed by atoms with van der Waals surface area (Å²) in [4.78, 5) is 23.1. The number of carbonyl (C=O) groups is 1. The van der Waals surface area contributed by atoms with E-state index in [4.69, 9.17) is 5.73 Å². The number of unbranched alkanes of at least 4 members (excludes halogenated alkanes) is 1. The van der Waals surface area contributed by atoms with E-state index in [2.05, 4.69) is 17.3 Å². The van der Waals surface area contributed by atoms with Crippen molar-refractivity contribution in [1.29, 1.82) is 0 Å². The lowest BCUT2D eigenvalue weighted by molar-refractivity contribution is 0.0928. The highest BCUT2D eigenvalue weighted by molar-refractivity contribution is 5.92. The molecule has 6 nitrogen and oxygen atoms in total. The molecule has 1 rings (SSSR count). The van der Waals surface area contributed by atoms with Crippen LogP contribution in [0, 0.1) is 0 Å². The molecule has 0 aliphatic carbocycles. The van der Waals surface area contributed by atoms with Gasteiger partial charge in [0.05, 0.1) is 0 Å². The minimum atomic E-state index is -0.294. The maximum absolute atomic E-state index is 11.9. The topological polar surface area (TPSA) is 90.0 Å². The van der Waals surface area contributed by atoms with E-state index in [9.17, 15) is 9.59 Å². The molecule has 100 valence electrons. The third-order valence-corrected chi connectivity index (χ3v) is 2.72. The number of nitrogens with zero attached hydrogens (tertiary/aromatic N) is 2. The van der Waals surface area contributed by atoms with Gasteiger partial charge in [0.1, 0.15) is 5.69 Å². The molecule has 1 unspecified atom stereocenters. The van der Waals surface area contributed by atoms with Crippen LogP contribution < -0.4 is 16.6 Å². The molecule has 1 heterocycles. The molecule has 0 spiro atoms. The number of amides is 1. The summed E-state index contributed by atoms with van der Waals surface area (Å²) >= 11 is 0.